The Hall–Kier alpha value is -0.830. The fourth-order valence-corrected chi connectivity index (χ4v) is 3.61. The Labute approximate surface area is 109 Å². The van der Waals surface area contributed by atoms with Crippen LogP contribution in [0.5, 0.6) is 0 Å². The van der Waals surface area contributed by atoms with Crippen LogP contribution in [0.1, 0.15) is 38.5 Å². The third-order valence-corrected chi connectivity index (χ3v) is 4.62. The lowest BCUT2D eigenvalue weighted by atomic mass is 9.75. The van der Waals surface area contributed by atoms with Crippen molar-refractivity contribution in [3.05, 3.63) is 0 Å². The number of nitrogens with one attached hydrogen (secondary N) is 1. The van der Waals surface area contributed by atoms with Gasteiger partial charge in [0.1, 0.15) is 0 Å². The molecule has 5 nitrogen and oxygen atoms in total. The summed E-state index contributed by atoms with van der Waals surface area (Å²) in [6, 6.07) is 0. The predicted octanol–water partition coefficient (Wildman–Crippen LogP) is 1.65. The van der Waals surface area contributed by atoms with Crippen LogP contribution in [0.15, 0.2) is 0 Å². The van der Waals surface area contributed by atoms with E-state index in [-0.39, 0.29) is 6.42 Å². The summed E-state index contributed by atoms with van der Waals surface area (Å²) < 4.78 is 61.3. The molecule has 0 atom stereocenters. The molecule has 1 aliphatic carbocycles. The largest absolute Gasteiger partial charge is 0.481 e. The van der Waals surface area contributed by atoms with Crippen molar-refractivity contribution >= 4 is 16.0 Å². The Balaban J connectivity index is 2.51. The van der Waals surface area contributed by atoms with E-state index < -0.39 is 46.3 Å². The number of sulfonamides is 1. The number of hydrogen-bond donors (Lipinski definition) is 2. The maximum Gasteiger partial charge on any atom is 0.389 e. The molecule has 1 saturated carbocycles. The van der Waals surface area contributed by atoms with Crippen molar-refractivity contribution < 1.29 is 31.5 Å². The average Bonchev–Trinajstić information content (AvgIpc) is 2.10. The minimum Gasteiger partial charge on any atom is -0.481 e. The van der Waals surface area contributed by atoms with Gasteiger partial charge in [-0.1, -0.05) is 0 Å². The van der Waals surface area contributed by atoms with Gasteiger partial charge in [-0.25, -0.2) is 13.1 Å². The first kappa shape index (κ1) is 16.2. The fraction of sp³-hybridized carbons (Fsp3) is 0.900. The van der Waals surface area contributed by atoms with Gasteiger partial charge in [0.25, 0.3) is 0 Å². The Morgan fingerprint density at radius 1 is 1.32 bits per heavy atom. The Kier molecular flexibility index (Phi) is 4.83. The van der Waals surface area contributed by atoms with Crippen molar-refractivity contribution in [1.82, 2.24) is 4.72 Å². The van der Waals surface area contributed by atoms with Gasteiger partial charge in [-0.05, 0) is 25.7 Å². The molecule has 0 heterocycles. The Bertz CT molecular complexity index is 429. The smallest absolute Gasteiger partial charge is 0.389 e. The van der Waals surface area contributed by atoms with Crippen LogP contribution < -0.4 is 4.72 Å². The number of carboxylic acids is 1. The van der Waals surface area contributed by atoms with Crippen LogP contribution in [0, 0.1) is 0 Å². The zero-order valence-corrected chi connectivity index (χ0v) is 11.0. The number of halogens is 3. The van der Waals surface area contributed by atoms with Gasteiger partial charge in [-0.2, -0.15) is 13.2 Å². The first-order chi connectivity index (χ1) is 8.54. The van der Waals surface area contributed by atoms with Crippen LogP contribution >= 0.6 is 0 Å². The Morgan fingerprint density at radius 2 is 1.89 bits per heavy atom. The van der Waals surface area contributed by atoms with E-state index in [1.165, 1.54) is 0 Å². The monoisotopic (exact) mass is 303 g/mol. The molecule has 1 rings (SSSR count). The van der Waals surface area contributed by atoms with Crippen LogP contribution in [-0.2, 0) is 14.8 Å². The molecule has 9 heteroatoms. The number of rotatable bonds is 7. The normalized spacial score (nSPS) is 18.9. The van der Waals surface area contributed by atoms with Crippen molar-refractivity contribution in [2.75, 3.05) is 5.75 Å². The molecular weight excluding hydrogens is 287 g/mol. The van der Waals surface area contributed by atoms with E-state index in [1.807, 2.05) is 0 Å². The van der Waals surface area contributed by atoms with E-state index in [9.17, 15) is 26.4 Å². The topological polar surface area (TPSA) is 83.5 Å². The van der Waals surface area contributed by atoms with Gasteiger partial charge in [0.15, 0.2) is 0 Å². The highest BCUT2D eigenvalue weighted by Crippen LogP contribution is 2.35. The summed E-state index contributed by atoms with van der Waals surface area (Å²) in [4.78, 5) is 10.7. The molecule has 0 saturated heterocycles. The van der Waals surface area contributed by atoms with Crippen LogP contribution in [-0.4, -0.2) is 37.0 Å². The van der Waals surface area contributed by atoms with Gasteiger partial charge < -0.3 is 5.11 Å². The van der Waals surface area contributed by atoms with Gasteiger partial charge in [0, 0.05) is 12.0 Å². The molecule has 2 N–H and O–H groups in total. The third-order valence-electron chi connectivity index (χ3n) is 3.05. The molecule has 0 bridgehead atoms. The number of carbonyl (C=O) groups is 1. The van der Waals surface area contributed by atoms with Gasteiger partial charge in [0.2, 0.25) is 10.0 Å². The maximum absolute atomic E-state index is 11.9. The number of hydrogen-bond acceptors (Lipinski definition) is 3. The second-order valence-corrected chi connectivity index (χ2v) is 6.69. The second kappa shape index (κ2) is 5.66. The average molecular weight is 303 g/mol. The number of carboxylic acid groups (broad SMARTS) is 1. The highest BCUT2D eigenvalue weighted by Gasteiger charge is 2.42. The standard InChI is InChI=1S/C10H16F3NO4S/c11-10(12,13)5-2-6-19(17,18)14-9(3-1-4-9)7-8(15)16/h14H,1-7H2,(H,15,16). The van der Waals surface area contributed by atoms with Crippen LogP contribution in [0.4, 0.5) is 13.2 Å². The lowest BCUT2D eigenvalue weighted by Gasteiger charge is -2.41. The van der Waals surface area contributed by atoms with E-state index in [0.717, 1.165) is 0 Å². The quantitative estimate of drug-likeness (QED) is 0.749. The van der Waals surface area contributed by atoms with Crippen molar-refractivity contribution in [3.63, 3.8) is 0 Å². The molecule has 112 valence electrons. The molecule has 0 spiro atoms. The predicted molar refractivity (Wildman–Crippen MR) is 61.0 cm³/mol. The van der Waals surface area contributed by atoms with Gasteiger partial charge in [-0.3, -0.25) is 4.79 Å². The van der Waals surface area contributed by atoms with E-state index in [2.05, 4.69) is 4.72 Å². The zero-order chi connectivity index (χ0) is 14.7. The highest BCUT2D eigenvalue weighted by atomic mass is 32.2. The summed E-state index contributed by atoms with van der Waals surface area (Å²) in [5.41, 5.74) is -1.01. The summed E-state index contributed by atoms with van der Waals surface area (Å²) in [5.74, 6) is -1.77. The molecule has 1 aliphatic rings. The molecule has 0 aromatic carbocycles. The van der Waals surface area contributed by atoms with Crippen LogP contribution in [0.2, 0.25) is 0 Å². The first-order valence-electron chi connectivity index (χ1n) is 5.84. The second-order valence-electron chi connectivity index (χ2n) is 4.84. The molecule has 0 amide bonds. The van der Waals surface area contributed by atoms with Gasteiger partial charge in [-0.15, -0.1) is 0 Å². The first-order valence-corrected chi connectivity index (χ1v) is 7.49. The molecule has 0 unspecified atom stereocenters. The highest BCUT2D eigenvalue weighted by molar-refractivity contribution is 7.89. The van der Waals surface area contributed by atoms with Crippen LogP contribution in [0.25, 0.3) is 0 Å². The molecule has 19 heavy (non-hydrogen) atoms. The van der Waals surface area contributed by atoms with Crippen molar-refractivity contribution in [2.24, 2.45) is 0 Å². The maximum atomic E-state index is 11.9. The number of aliphatic carboxylic acids is 1. The summed E-state index contributed by atoms with van der Waals surface area (Å²) >= 11 is 0. The molecule has 0 aliphatic heterocycles. The zero-order valence-electron chi connectivity index (χ0n) is 10.2. The minimum absolute atomic E-state index is 0.342. The molecule has 0 radical (unpaired) electrons. The lowest BCUT2D eigenvalue weighted by molar-refractivity contribution is -0.139. The molecule has 0 aromatic rings. The third kappa shape index (κ3) is 5.77. The SMILES string of the molecule is O=C(O)CC1(NS(=O)(=O)CCCC(F)(F)F)CCC1. The molecule has 0 aromatic heterocycles. The summed E-state index contributed by atoms with van der Waals surface area (Å²) in [5, 5.41) is 8.71. The van der Waals surface area contributed by atoms with Gasteiger partial charge >= 0.3 is 12.1 Å². The molecule has 1 fully saturated rings. The van der Waals surface area contributed by atoms with Gasteiger partial charge in [0.05, 0.1) is 12.2 Å². The number of alkyl halides is 3. The van der Waals surface area contributed by atoms with E-state index in [1.54, 1.807) is 0 Å². The molecular formula is C10H16F3NO4S. The van der Waals surface area contributed by atoms with Crippen LogP contribution in [0.3, 0.4) is 0 Å². The van der Waals surface area contributed by atoms with Crippen molar-refractivity contribution in [2.45, 2.75) is 50.2 Å². The summed E-state index contributed by atoms with van der Waals surface area (Å²) in [6.07, 6.45) is -4.91. The Morgan fingerprint density at radius 3 is 2.26 bits per heavy atom. The summed E-state index contributed by atoms with van der Waals surface area (Å²) in [7, 11) is -3.88. The van der Waals surface area contributed by atoms with E-state index in [4.69, 9.17) is 5.11 Å². The minimum atomic E-state index is -4.38. The fourth-order valence-electron chi connectivity index (χ4n) is 2.05. The van der Waals surface area contributed by atoms with Crippen molar-refractivity contribution in [3.8, 4) is 0 Å². The van der Waals surface area contributed by atoms with Crippen molar-refractivity contribution in [1.29, 1.82) is 0 Å². The van der Waals surface area contributed by atoms with E-state index >= 15 is 0 Å². The lowest BCUT2D eigenvalue weighted by Crippen LogP contribution is -2.55. The van der Waals surface area contributed by atoms with E-state index in [0.29, 0.717) is 19.3 Å². The summed E-state index contributed by atoms with van der Waals surface area (Å²) in [6.45, 7) is 0.